The third kappa shape index (κ3) is 1.67. The molecule has 0 saturated carbocycles. The van der Waals surface area contributed by atoms with Gasteiger partial charge in [-0.3, -0.25) is 0 Å². The summed E-state index contributed by atoms with van der Waals surface area (Å²) in [5, 5.41) is 6.90. The number of fused-ring (bicyclic) bond motifs is 1. The van der Waals surface area contributed by atoms with Gasteiger partial charge < -0.3 is 10.6 Å². The largest absolute Gasteiger partial charge is 0.360 e. The quantitative estimate of drug-likeness (QED) is 0.822. The average molecular weight is 275 g/mol. The summed E-state index contributed by atoms with van der Waals surface area (Å²) in [6.45, 7) is 0. The fourth-order valence-corrected chi connectivity index (χ4v) is 2.28. The van der Waals surface area contributed by atoms with Crippen LogP contribution in [0, 0.1) is 0 Å². The normalized spacial score (nSPS) is 17.4. The lowest BCUT2D eigenvalue weighted by atomic mass is 10.2. The Bertz CT molecular complexity index is 511. The maximum Gasteiger partial charge on any atom is 0.123 e. The first-order valence-corrected chi connectivity index (χ1v) is 6.00. The molecule has 1 heterocycles. The Labute approximate surface area is 103 Å². The number of anilines is 2. The molecule has 0 aliphatic carbocycles. The highest BCUT2D eigenvalue weighted by molar-refractivity contribution is 9.10. The summed E-state index contributed by atoms with van der Waals surface area (Å²) < 4.78 is 1.09. The lowest BCUT2D eigenvalue weighted by Crippen LogP contribution is -2.11. The van der Waals surface area contributed by atoms with Gasteiger partial charge in [-0.2, -0.15) is 0 Å². The molecular weight excluding hydrogens is 264 g/mol. The molecule has 0 radical (unpaired) electrons. The van der Waals surface area contributed by atoms with Crippen molar-refractivity contribution < 1.29 is 0 Å². The maximum absolute atomic E-state index is 3.47. The molecule has 80 valence electrons. The van der Waals surface area contributed by atoms with E-state index in [1.807, 2.05) is 12.1 Å². The van der Waals surface area contributed by atoms with Crippen LogP contribution in [0.4, 0.5) is 11.4 Å². The topological polar surface area (TPSA) is 24.1 Å². The summed E-state index contributed by atoms with van der Waals surface area (Å²) in [6, 6.07) is 16.6. The monoisotopic (exact) mass is 274 g/mol. The third-order valence-electron chi connectivity index (χ3n) is 2.71. The molecule has 0 spiro atoms. The average Bonchev–Trinajstić information content (AvgIpc) is 2.73. The van der Waals surface area contributed by atoms with Crippen molar-refractivity contribution in [1.29, 1.82) is 0 Å². The van der Waals surface area contributed by atoms with E-state index in [4.69, 9.17) is 0 Å². The molecule has 2 aromatic rings. The summed E-state index contributed by atoms with van der Waals surface area (Å²) >= 11 is 3.47. The van der Waals surface area contributed by atoms with Gasteiger partial charge in [-0.25, -0.2) is 0 Å². The first-order valence-electron chi connectivity index (χ1n) is 5.20. The molecule has 16 heavy (non-hydrogen) atoms. The second-order valence-corrected chi connectivity index (χ2v) is 4.74. The summed E-state index contributed by atoms with van der Waals surface area (Å²) in [6.07, 6.45) is 0.172. The van der Waals surface area contributed by atoms with Crippen molar-refractivity contribution in [2.75, 3.05) is 10.6 Å². The minimum atomic E-state index is 0.172. The van der Waals surface area contributed by atoms with Crippen LogP contribution in [0.3, 0.4) is 0 Å². The van der Waals surface area contributed by atoms with Gasteiger partial charge in [0.25, 0.3) is 0 Å². The second-order valence-electron chi connectivity index (χ2n) is 3.82. The van der Waals surface area contributed by atoms with Crippen LogP contribution in [0.2, 0.25) is 0 Å². The molecule has 2 N–H and O–H groups in total. The standard InChI is InChI=1S/C13H11BrN2/c14-10-6-7-11-12(8-10)16-13(15-11)9-4-2-1-3-5-9/h1-8,13,15-16H. The smallest absolute Gasteiger partial charge is 0.123 e. The van der Waals surface area contributed by atoms with Crippen LogP contribution < -0.4 is 10.6 Å². The highest BCUT2D eigenvalue weighted by Gasteiger charge is 2.20. The minimum Gasteiger partial charge on any atom is -0.360 e. The minimum absolute atomic E-state index is 0.172. The summed E-state index contributed by atoms with van der Waals surface area (Å²) in [5.41, 5.74) is 3.54. The number of rotatable bonds is 1. The lowest BCUT2D eigenvalue weighted by Gasteiger charge is -2.12. The number of halogens is 1. The van der Waals surface area contributed by atoms with Gasteiger partial charge in [-0.15, -0.1) is 0 Å². The van der Waals surface area contributed by atoms with Crippen LogP contribution in [0.15, 0.2) is 53.0 Å². The highest BCUT2D eigenvalue weighted by atomic mass is 79.9. The van der Waals surface area contributed by atoms with E-state index >= 15 is 0 Å². The molecule has 3 rings (SSSR count). The van der Waals surface area contributed by atoms with E-state index in [9.17, 15) is 0 Å². The second kappa shape index (κ2) is 3.83. The summed E-state index contributed by atoms with van der Waals surface area (Å²) in [7, 11) is 0. The first kappa shape index (κ1) is 9.73. The van der Waals surface area contributed by atoms with Crippen LogP contribution in [0.5, 0.6) is 0 Å². The SMILES string of the molecule is Brc1ccc2c(c1)NC(c1ccccc1)N2. The maximum atomic E-state index is 3.47. The van der Waals surface area contributed by atoms with Gasteiger partial charge >= 0.3 is 0 Å². The van der Waals surface area contributed by atoms with Gasteiger partial charge in [0.05, 0.1) is 11.4 Å². The lowest BCUT2D eigenvalue weighted by molar-refractivity contribution is 0.941. The molecule has 3 heteroatoms. The van der Waals surface area contributed by atoms with E-state index in [0.717, 1.165) is 15.8 Å². The van der Waals surface area contributed by atoms with Crippen LogP contribution in [0.25, 0.3) is 0 Å². The van der Waals surface area contributed by atoms with Crippen molar-refractivity contribution in [2.45, 2.75) is 6.17 Å². The molecule has 2 aromatic carbocycles. The molecular formula is C13H11BrN2. The Morgan fingerprint density at radius 3 is 2.44 bits per heavy atom. The van der Waals surface area contributed by atoms with Crippen LogP contribution in [0.1, 0.15) is 11.7 Å². The van der Waals surface area contributed by atoms with Crippen molar-refractivity contribution in [1.82, 2.24) is 0 Å². The van der Waals surface area contributed by atoms with Gasteiger partial charge in [-0.1, -0.05) is 46.3 Å². The Morgan fingerprint density at radius 2 is 1.62 bits per heavy atom. The Hall–Kier alpha value is -1.48. The van der Waals surface area contributed by atoms with Gasteiger partial charge in [0.1, 0.15) is 6.17 Å². The van der Waals surface area contributed by atoms with Crippen LogP contribution >= 0.6 is 15.9 Å². The zero-order chi connectivity index (χ0) is 11.0. The molecule has 0 aromatic heterocycles. The Morgan fingerprint density at radius 1 is 0.875 bits per heavy atom. The van der Waals surface area contributed by atoms with Gasteiger partial charge in [0, 0.05) is 4.47 Å². The number of hydrogen-bond acceptors (Lipinski definition) is 2. The summed E-state index contributed by atoms with van der Waals surface area (Å²) in [4.78, 5) is 0. The number of nitrogens with one attached hydrogen (secondary N) is 2. The van der Waals surface area contributed by atoms with Crippen molar-refractivity contribution in [2.24, 2.45) is 0 Å². The molecule has 0 fully saturated rings. The Kier molecular flexibility index (Phi) is 2.33. The highest BCUT2D eigenvalue weighted by Crippen LogP contribution is 2.36. The predicted molar refractivity (Wildman–Crippen MR) is 70.6 cm³/mol. The molecule has 2 nitrogen and oxygen atoms in total. The first-order chi connectivity index (χ1) is 7.83. The van der Waals surface area contributed by atoms with E-state index in [0.29, 0.717) is 0 Å². The molecule has 0 bridgehead atoms. The number of hydrogen-bond donors (Lipinski definition) is 2. The van der Waals surface area contributed by atoms with E-state index in [2.05, 4.69) is 63.0 Å². The predicted octanol–water partition coefficient (Wildman–Crippen LogP) is 3.99. The molecule has 1 aliphatic rings. The molecule has 1 aliphatic heterocycles. The zero-order valence-corrected chi connectivity index (χ0v) is 10.2. The fraction of sp³-hybridized carbons (Fsp3) is 0.0769. The van der Waals surface area contributed by atoms with Crippen molar-refractivity contribution in [3.8, 4) is 0 Å². The molecule has 0 amide bonds. The van der Waals surface area contributed by atoms with E-state index < -0.39 is 0 Å². The van der Waals surface area contributed by atoms with E-state index in [1.165, 1.54) is 5.56 Å². The van der Waals surface area contributed by atoms with Gasteiger partial charge in [0.15, 0.2) is 0 Å². The molecule has 1 atom stereocenters. The van der Waals surface area contributed by atoms with Crippen LogP contribution in [-0.4, -0.2) is 0 Å². The van der Waals surface area contributed by atoms with Crippen molar-refractivity contribution >= 4 is 27.3 Å². The summed E-state index contributed by atoms with van der Waals surface area (Å²) in [5.74, 6) is 0. The van der Waals surface area contributed by atoms with Crippen molar-refractivity contribution in [3.63, 3.8) is 0 Å². The van der Waals surface area contributed by atoms with E-state index in [-0.39, 0.29) is 6.17 Å². The Balaban J connectivity index is 1.91. The van der Waals surface area contributed by atoms with Crippen LogP contribution in [-0.2, 0) is 0 Å². The zero-order valence-electron chi connectivity index (χ0n) is 8.57. The molecule has 1 unspecified atom stereocenters. The van der Waals surface area contributed by atoms with E-state index in [1.54, 1.807) is 0 Å². The van der Waals surface area contributed by atoms with Crippen molar-refractivity contribution in [3.05, 3.63) is 58.6 Å². The fourth-order valence-electron chi connectivity index (χ4n) is 1.92. The molecule has 0 saturated heterocycles. The van der Waals surface area contributed by atoms with Gasteiger partial charge in [-0.05, 0) is 23.8 Å². The number of benzene rings is 2. The third-order valence-corrected chi connectivity index (χ3v) is 3.21. The van der Waals surface area contributed by atoms with Gasteiger partial charge in [0.2, 0.25) is 0 Å².